The van der Waals surface area contributed by atoms with Crippen LogP contribution in [0.4, 0.5) is 0 Å². The van der Waals surface area contributed by atoms with Gasteiger partial charge in [-0.05, 0) is 43.7 Å². The lowest BCUT2D eigenvalue weighted by Gasteiger charge is -2.02. The molecule has 7 nitrogen and oxygen atoms in total. The van der Waals surface area contributed by atoms with E-state index in [1.165, 1.54) is 5.56 Å². The van der Waals surface area contributed by atoms with Crippen molar-refractivity contribution in [2.75, 3.05) is 7.11 Å². The summed E-state index contributed by atoms with van der Waals surface area (Å²) in [4.78, 5) is 13.7. The molecule has 4 aromatic rings. The molecule has 1 aliphatic heterocycles. The Labute approximate surface area is 156 Å². The van der Waals surface area contributed by atoms with E-state index in [9.17, 15) is 0 Å². The van der Waals surface area contributed by atoms with E-state index in [4.69, 9.17) is 9.72 Å². The van der Waals surface area contributed by atoms with Crippen LogP contribution in [0.2, 0.25) is 0 Å². The summed E-state index contributed by atoms with van der Waals surface area (Å²) in [5.74, 6) is 2.45. The van der Waals surface area contributed by atoms with Crippen LogP contribution >= 0.6 is 0 Å². The first-order chi connectivity index (χ1) is 13.1. The van der Waals surface area contributed by atoms with Crippen LogP contribution in [0.1, 0.15) is 28.5 Å². The third-order valence-electron chi connectivity index (χ3n) is 4.82. The van der Waals surface area contributed by atoms with Crippen molar-refractivity contribution >= 4 is 17.8 Å². The summed E-state index contributed by atoms with van der Waals surface area (Å²) in [5.41, 5.74) is 5.85. The minimum atomic E-state index is 0.643. The fourth-order valence-electron chi connectivity index (χ4n) is 3.41. The fourth-order valence-corrected chi connectivity index (χ4v) is 3.41. The van der Waals surface area contributed by atoms with Gasteiger partial charge in [-0.1, -0.05) is 6.07 Å². The standard InChI is InChI=1S/C20H18N6O/c1-12-9-21-13(2)19-23-18(24-26(12)19)7-5-15-11-25-10-14-4-6-16(27-3)8-17(14)20(25)22-15/h4-9,11H,10H2,1-3H3. The van der Waals surface area contributed by atoms with E-state index in [0.717, 1.165) is 46.4 Å². The van der Waals surface area contributed by atoms with Gasteiger partial charge in [-0.2, -0.15) is 0 Å². The molecular formula is C20H18N6O. The lowest BCUT2D eigenvalue weighted by atomic mass is 10.1. The third kappa shape index (κ3) is 2.51. The molecule has 3 aromatic heterocycles. The molecule has 1 aliphatic rings. The van der Waals surface area contributed by atoms with Crippen molar-refractivity contribution in [2.45, 2.75) is 20.4 Å². The minimum absolute atomic E-state index is 0.643. The summed E-state index contributed by atoms with van der Waals surface area (Å²) in [6.45, 7) is 4.72. The number of nitrogens with zero attached hydrogens (tertiary/aromatic N) is 6. The second-order valence-corrected chi connectivity index (χ2v) is 6.66. The molecule has 0 fully saturated rings. The molecule has 0 spiro atoms. The highest BCUT2D eigenvalue weighted by molar-refractivity contribution is 5.71. The number of imidazole rings is 1. The molecule has 7 heteroatoms. The quantitative estimate of drug-likeness (QED) is 0.495. The Bertz CT molecular complexity index is 1180. The Hall–Kier alpha value is -3.48. The third-order valence-corrected chi connectivity index (χ3v) is 4.82. The highest BCUT2D eigenvalue weighted by atomic mass is 16.5. The number of fused-ring (bicyclic) bond motifs is 4. The molecule has 4 heterocycles. The van der Waals surface area contributed by atoms with E-state index >= 15 is 0 Å². The van der Waals surface area contributed by atoms with Gasteiger partial charge in [0.15, 0.2) is 11.5 Å². The van der Waals surface area contributed by atoms with E-state index in [-0.39, 0.29) is 0 Å². The Kier molecular flexibility index (Phi) is 3.36. The summed E-state index contributed by atoms with van der Waals surface area (Å²) in [6, 6.07) is 6.12. The Morgan fingerprint density at radius 1 is 1.15 bits per heavy atom. The molecule has 1 aromatic carbocycles. The van der Waals surface area contributed by atoms with Crippen LogP contribution in [0.15, 0.2) is 30.6 Å². The van der Waals surface area contributed by atoms with E-state index in [1.807, 2.05) is 48.8 Å². The van der Waals surface area contributed by atoms with Crippen LogP contribution in [0.25, 0.3) is 29.2 Å². The Balaban J connectivity index is 1.48. The summed E-state index contributed by atoms with van der Waals surface area (Å²) in [5, 5.41) is 4.54. The monoisotopic (exact) mass is 358 g/mol. The highest BCUT2D eigenvalue weighted by Gasteiger charge is 2.21. The molecule has 0 saturated heterocycles. The molecule has 0 unspecified atom stereocenters. The zero-order valence-electron chi connectivity index (χ0n) is 15.3. The first-order valence-corrected chi connectivity index (χ1v) is 8.74. The number of aryl methyl sites for hydroxylation is 2. The van der Waals surface area contributed by atoms with E-state index < -0.39 is 0 Å². The maximum absolute atomic E-state index is 5.34. The molecule has 0 bridgehead atoms. The first kappa shape index (κ1) is 15.7. The van der Waals surface area contributed by atoms with E-state index in [2.05, 4.69) is 25.7 Å². The molecule has 0 atom stereocenters. The van der Waals surface area contributed by atoms with E-state index in [1.54, 1.807) is 13.3 Å². The number of aromatic nitrogens is 6. The zero-order valence-corrected chi connectivity index (χ0v) is 15.3. The predicted octanol–water partition coefficient (Wildman–Crippen LogP) is 3.15. The van der Waals surface area contributed by atoms with Crippen molar-refractivity contribution in [3.63, 3.8) is 0 Å². The van der Waals surface area contributed by atoms with Gasteiger partial charge in [0.2, 0.25) is 0 Å². The van der Waals surface area contributed by atoms with Crippen molar-refractivity contribution in [1.29, 1.82) is 0 Å². The zero-order chi connectivity index (χ0) is 18.5. The molecule has 134 valence electrons. The number of rotatable bonds is 3. The molecule has 27 heavy (non-hydrogen) atoms. The van der Waals surface area contributed by atoms with Crippen LogP contribution in [-0.2, 0) is 6.54 Å². The maximum atomic E-state index is 5.34. The molecule has 0 N–H and O–H groups in total. The fraction of sp³-hybridized carbons (Fsp3) is 0.200. The van der Waals surface area contributed by atoms with Gasteiger partial charge in [0.25, 0.3) is 0 Å². The van der Waals surface area contributed by atoms with Crippen molar-refractivity contribution < 1.29 is 4.74 Å². The van der Waals surface area contributed by atoms with Crippen LogP contribution in [0, 0.1) is 13.8 Å². The second kappa shape index (κ2) is 5.77. The summed E-state index contributed by atoms with van der Waals surface area (Å²) < 4.78 is 9.31. The smallest absolute Gasteiger partial charge is 0.177 e. The van der Waals surface area contributed by atoms with Gasteiger partial charge in [0.1, 0.15) is 11.6 Å². The van der Waals surface area contributed by atoms with Gasteiger partial charge in [0, 0.05) is 24.5 Å². The average Bonchev–Trinajstić information content (AvgIpc) is 3.35. The van der Waals surface area contributed by atoms with Gasteiger partial charge in [-0.3, -0.25) is 4.98 Å². The molecule has 0 radical (unpaired) electrons. The van der Waals surface area contributed by atoms with Gasteiger partial charge in [-0.15, -0.1) is 5.10 Å². The minimum Gasteiger partial charge on any atom is -0.497 e. The Morgan fingerprint density at radius 2 is 2.04 bits per heavy atom. The van der Waals surface area contributed by atoms with Crippen molar-refractivity contribution in [1.82, 2.24) is 29.1 Å². The number of methoxy groups -OCH3 is 1. The Morgan fingerprint density at radius 3 is 2.85 bits per heavy atom. The lowest BCUT2D eigenvalue weighted by Crippen LogP contribution is -1.97. The lowest BCUT2D eigenvalue weighted by molar-refractivity contribution is 0.415. The highest BCUT2D eigenvalue weighted by Crippen LogP contribution is 2.34. The predicted molar refractivity (Wildman–Crippen MR) is 103 cm³/mol. The number of hydrogen-bond donors (Lipinski definition) is 0. The van der Waals surface area contributed by atoms with Crippen molar-refractivity contribution in [3.05, 3.63) is 59.1 Å². The van der Waals surface area contributed by atoms with Crippen LogP contribution in [-0.4, -0.2) is 36.2 Å². The molecule has 0 amide bonds. The van der Waals surface area contributed by atoms with Crippen LogP contribution < -0.4 is 4.74 Å². The normalized spacial score (nSPS) is 12.7. The van der Waals surface area contributed by atoms with Crippen LogP contribution in [0.5, 0.6) is 5.75 Å². The summed E-state index contributed by atoms with van der Waals surface area (Å²) in [6.07, 6.45) is 7.68. The molecule has 0 aliphatic carbocycles. The summed E-state index contributed by atoms with van der Waals surface area (Å²) >= 11 is 0. The molecule has 5 rings (SSSR count). The second-order valence-electron chi connectivity index (χ2n) is 6.66. The van der Waals surface area contributed by atoms with Gasteiger partial charge >= 0.3 is 0 Å². The van der Waals surface area contributed by atoms with Crippen molar-refractivity contribution in [3.8, 4) is 17.1 Å². The van der Waals surface area contributed by atoms with Gasteiger partial charge in [-0.25, -0.2) is 14.5 Å². The van der Waals surface area contributed by atoms with Crippen molar-refractivity contribution in [2.24, 2.45) is 0 Å². The molecule has 0 saturated carbocycles. The van der Waals surface area contributed by atoms with Gasteiger partial charge < -0.3 is 9.30 Å². The van der Waals surface area contributed by atoms with Gasteiger partial charge in [0.05, 0.1) is 24.2 Å². The largest absolute Gasteiger partial charge is 0.497 e. The van der Waals surface area contributed by atoms with Crippen LogP contribution in [0.3, 0.4) is 0 Å². The first-order valence-electron chi connectivity index (χ1n) is 8.74. The number of hydrogen-bond acceptors (Lipinski definition) is 5. The average molecular weight is 358 g/mol. The number of ether oxygens (including phenoxy) is 1. The topological polar surface area (TPSA) is 70.1 Å². The molecular weight excluding hydrogens is 340 g/mol. The summed E-state index contributed by atoms with van der Waals surface area (Å²) in [7, 11) is 1.68. The number of benzene rings is 1. The maximum Gasteiger partial charge on any atom is 0.177 e. The SMILES string of the molecule is COc1ccc2c(c1)-c1nc(C=Cc3nc4c(C)ncc(C)n4n3)cn1C2. The van der Waals surface area contributed by atoms with E-state index in [0.29, 0.717) is 5.82 Å².